The van der Waals surface area contributed by atoms with E-state index >= 15 is 0 Å². The monoisotopic (exact) mass is 267 g/mol. The third-order valence-electron chi connectivity index (χ3n) is 4.08. The Morgan fingerprint density at radius 1 is 1.44 bits per heavy atom. The van der Waals surface area contributed by atoms with Gasteiger partial charge in [0, 0.05) is 17.5 Å². The van der Waals surface area contributed by atoms with Crippen LogP contribution < -0.4 is 5.73 Å². The van der Waals surface area contributed by atoms with Crippen molar-refractivity contribution in [2.45, 2.75) is 31.6 Å². The minimum Gasteiger partial charge on any atom is -0.481 e. The Morgan fingerprint density at radius 2 is 2.11 bits per heavy atom. The molecule has 18 heavy (non-hydrogen) atoms. The smallest absolute Gasteiger partial charge is 0.310 e. The zero-order chi connectivity index (χ0) is 13.2. The van der Waals surface area contributed by atoms with Crippen molar-refractivity contribution in [3.63, 3.8) is 0 Å². The van der Waals surface area contributed by atoms with Crippen molar-refractivity contribution in [1.29, 1.82) is 0 Å². The number of nitrogens with two attached hydrogens (primary N) is 1. The molecule has 0 unspecified atom stereocenters. The van der Waals surface area contributed by atoms with Crippen LogP contribution in [0.15, 0.2) is 24.3 Å². The second-order valence-electron chi connectivity index (χ2n) is 5.01. The van der Waals surface area contributed by atoms with Crippen LogP contribution in [0.5, 0.6) is 0 Å². The van der Waals surface area contributed by atoms with Gasteiger partial charge in [-0.2, -0.15) is 0 Å². The molecule has 0 aromatic heterocycles. The van der Waals surface area contributed by atoms with E-state index in [9.17, 15) is 9.90 Å². The molecule has 1 fully saturated rings. The van der Waals surface area contributed by atoms with Gasteiger partial charge in [0.15, 0.2) is 0 Å². The van der Waals surface area contributed by atoms with Crippen LogP contribution in [-0.2, 0) is 4.79 Å². The normalized spacial score (nSPS) is 19.7. The van der Waals surface area contributed by atoms with Gasteiger partial charge in [-0.05, 0) is 30.5 Å². The summed E-state index contributed by atoms with van der Waals surface area (Å²) in [4.78, 5) is 11.7. The highest BCUT2D eigenvalue weighted by atomic mass is 35.5. The van der Waals surface area contributed by atoms with Crippen molar-refractivity contribution >= 4 is 17.6 Å². The Morgan fingerprint density at radius 3 is 2.61 bits per heavy atom. The molecule has 0 bridgehead atoms. The van der Waals surface area contributed by atoms with Crippen molar-refractivity contribution in [3.8, 4) is 0 Å². The van der Waals surface area contributed by atoms with Gasteiger partial charge in [0.1, 0.15) is 0 Å². The lowest BCUT2D eigenvalue weighted by Gasteiger charge is -2.33. The third kappa shape index (κ3) is 2.25. The number of halogens is 1. The lowest BCUT2D eigenvalue weighted by Crippen LogP contribution is -2.38. The molecule has 1 aliphatic rings. The minimum atomic E-state index is -0.726. The summed E-state index contributed by atoms with van der Waals surface area (Å²) in [6.45, 7) is 0.340. The first-order valence-electron chi connectivity index (χ1n) is 6.29. The number of hydrogen-bond acceptors (Lipinski definition) is 2. The fourth-order valence-corrected chi connectivity index (χ4v) is 3.32. The van der Waals surface area contributed by atoms with Gasteiger partial charge in [0.2, 0.25) is 0 Å². The van der Waals surface area contributed by atoms with Crippen LogP contribution in [0.25, 0.3) is 0 Å². The van der Waals surface area contributed by atoms with Gasteiger partial charge in [0.05, 0.1) is 5.41 Å². The SMILES string of the molecule is NC[C@@H](c1cccc(Cl)c1)C1(C(=O)O)CCCC1. The topological polar surface area (TPSA) is 63.3 Å². The molecule has 2 rings (SSSR count). The molecule has 0 amide bonds. The number of hydrogen-bond donors (Lipinski definition) is 2. The summed E-state index contributed by atoms with van der Waals surface area (Å²) in [5.41, 5.74) is 6.08. The fraction of sp³-hybridized carbons (Fsp3) is 0.500. The van der Waals surface area contributed by atoms with Crippen molar-refractivity contribution in [2.24, 2.45) is 11.1 Å². The highest BCUT2D eigenvalue weighted by molar-refractivity contribution is 6.30. The van der Waals surface area contributed by atoms with E-state index in [4.69, 9.17) is 17.3 Å². The van der Waals surface area contributed by atoms with E-state index in [1.165, 1.54) is 0 Å². The number of carboxylic acids is 1. The maximum atomic E-state index is 11.7. The van der Waals surface area contributed by atoms with Gasteiger partial charge in [-0.3, -0.25) is 4.79 Å². The van der Waals surface area contributed by atoms with Gasteiger partial charge in [-0.1, -0.05) is 36.6 Å². The minimum absolute atomic E-state index is 0.156. The summed E-state index contributed by atoms with van der Waals surface area (Å²) in [6.07, 6.45) is 3.33. The predicted molar refractivity (Wildman–Crippen MR) is 71.8 cm³/mol. The molecule has 1 aliphatic carbocycles. The Kier molecular flexibility index (Phi) is 3.93. The number of benzene rings is 1. The fourth-order valence-electron chi connectivity index (χ4n) is 3.12. The summed E-state index contributed by atoms with van der Waals surface area (Å²) in [6, 6.07) is 7.40. The number of rotatable bonds is 4. The summed E-state index contributed by atoms with van der Waals surface area (Å²) < 4.78 is 0. The molecule has 0 saturated heterocycles. The molecule has 1 aromatic carbocycles. The second-order valence-corrected chi connectivity index (χ2v) is 5.45. The Hall–Kier alpha value is -1.06. The van der Waals surface area contributed by atoms with Crippen LogP contribution in [0.4, 0.5) is 0 Å². The summed E-state index contributed by atoms with van der Waals surface area (Å²) in [5.74, 6) is -0.883. The van der Waals surface area contributed by atoms with Gasteiger partial charge in [0.25, 0.3) is 0 Å². The van der Waals surface area contributed by atoms with Crippen LogP contribution in [0, 0.1) is 5.41 Å². The highest BCUT2D eigenvalue weighted by Crippen LogP contribution is 2.48. The zero-order valence-electron chi connectivity index (χ0n) is 10.2. The van der Waals surface area contributed by atoms with E-state index in [1.807, 2.05) is 18.2 Å². The molecule has 1 aromatic rings. The van der Waals surface area contributed by atoms with E-state index in [2.05, 4.69) is 0 Å². The predicted octanol–water partition coefficient (Wildman–Crippen LogP) is 3.03. The van der Waals surface area contributed by atoms with Crippen molar-refractivity contribution in [3.05, 3.63) is 34.9 Å². The molecule has 1 atom stereocenters. The van der Waals surface area contributed by atoms with Gasteiger partial charge >= 0.3 is 5.97 Å². The number of aliphatic carboxylic acids is 1. The Balaban J connectivity index is 2.40. The molecule has 3 N–H and O–H groups in total. The van der Waals surface area contributed by atoms with E-state index in [0.717, 1.165) is 18.4 Å². The van der Waals surface area contributed by atoms with Gasteiger partial charge in [-0.25, -0.2) is 0 Å². The first kappa shape index (κ1) is 13.4. The van der Waals surface area contributed by atoms with Crippen molar-refractivity contribution in [2.75, 3.05) is 6.54 Å². The highest BCUT2D eigenvalue weighted by Gasteiger charge is 2.47. The van der Waals surface area contributed by atoms with Crippen LogP contribution in [0.2, 0.25) is 5.02 Å². The molecule has 0 aliphatic heterocycles. The number of carbonyl (C=O) groups is 1. The second kappa shape index (κ2) is 5.29. The molecule has 0 heterocycles. The van der Waals surface area contributed by atoms with Crippen molar-refractivity contribution in [1.82, 2.24) is 0 Å². The van der Waals surface area contributed by atoms with Crippen LogP contribution in [0.1, 0.15) is 37.2 Å². The first-order chi connectivity index (χ1) is 8.60. The first-order valence-corrected chi connectivity index (χ1v) is 6.67. The lowest BCUT2D eigenvalue weighted by molar-refractivity contribution is -0.150. The molecule has 3 nitrogen and oxygen atoms in total. The average molecular weight is 268 g/mol. The summed E-state index contributed by atoms with van der Waals surface area (Å²) >= 11 is 5.99. The maximum Gasteiger partial charge on any atom is 0.310 e. The summed E-state index contributed by atoms with van der Waals surface area (Å²) in [5, 5.41) is 10.2. The molecular formula is C14H18ClNO2. The molecular weight excluding hydrogens is 250 g/mol. The van der Waals surface area contributed by atoms with Gasteiger partial charge in [-0.15, -0.1) is 0 Å². The maximum absolute atomic E-state index is 11.7. The van der Waals surface area contributed by atoms with E-state index in [-0.39, 0.29) is 5.92 Å². The van der Waals surface area contributed by atoms with Crippen LogP contribution in [0.3, 0.4) is 0 Å². The standard InChI is InChI=1S/C14H18ClNO2/c15-11-5-3-4-10(8-11)12(9-16)14(13(17)18)6-1-2-7-14/h3-5,8,12H,1-2,6-7,9,16H2,(H,17,18)/t12-/m0/s1. The quantitative estimate of drug-likeness (QED) is 0.881. The Labute approximate surface area is 112 Å². The number of carboxylic acid groups (broad SMARTS) is 1. The van der Waals surface area contributed by atoms with Gasteiger partial charge < -0.3 is 10.8 Å². The Bertz CT molecular complexity index is 441. The van der Waals surface area contributed by atoms with Crippen molar-refractivity contribution < 1.29 is 9.90 Å². The average Bonchev–Trinajstić information content (AvgIpc) is 2.81. The lowest BCUT2D eigenvalue weighted by atomic mass is 9.70. The zero-order valence-corrected chi connectivity index (χ0v) is 11.0. The van der Waals surface area contributed by atoms with E-state index in [1.54, 1.807) is 6.07 Å². The third-order valence-corrected chi connectivity index (χ3v) is 4.31. The van der Waals surface area contributed by atoms with E-state index < -0.39 is 11.4 Å². The largest absolute Gasteiger partial charge is 0.481 e. The molecule has 4 heteroatoms. The molecule has 1 saturated carbocycles. The molecule has 0 spiro atoms. The van der Waals surface area contributed by atoms with Crippen LogP contribution >= 0.6 is 11.6 Å². The molecule has 0 radical (unpaired) electrons. The molecule has 98 valence electrons. The summed E-state index contributed by atoms with van der Waals surface area (Å²) in [7, 11) is 0. The van der Waals surface area contributed by atoms with Crippen LogP contribution in [-0.4, -0.2) is 17.6 Å². The van der Waals surface area contributed by atoms with E-state index in [0.29, 0.717) is 24.4 Å².